The first-order valence-corrected chi connectivity index (χ1v) is 6.72. The molecule has 1 aromatic heterocycles. The van der Waals surface area contributed by atoms with Crippen LogP contribution in [0.5, 0.6) is 0 Å². The molecule has 2 rings (SSSR count). The van der Waals surface area contributed by atoms with Gasteiger partial charge < -0.3 is 9.88 Å². The minimum atomic E-state index is -0.472. The summed E-state index contributed by atoms with van der Waals surface area (Å²) in [5.41, 5.74) is 2.70. The van der Waals surface area contributed by atoms with E-state index in [1.165, 1.54) is 6.07 Å². The van der Waals surface area contributed by atoms with Crippen LogP contribution >= 0.6 is 11.6 Å². The number of anilines is 1. The molecule has 0 aliphatic heterocycles. The van der Waals surface area contributed by atoms with Gasteiger partial charge in [0.2, 0.25) is 0 Å². The van der Waals surface area contributed by atoms with Crippen molar-refractivity contribution in [2.24, 2.45) is 0 Å². The average molecular weight is 294 g/mol. The molecule has 0 atom stereocenters. The van der Waals surface area contributed by atoms with Crippen LogP contribution < -0.4 is 5.32 Å². The number of nitrogens with zero attached hydrogens (tertiary/aromatic N) is 2. The number of hydrogen-bond acceptors (Lipinski definition) is 3. The Labute approximate surface area is 122 Å². The molecule has 6 heteroatoms. The minimum absolute atomic E-state index is 0.0631. The van der Waals surface area contributed by atoms with Crippen LogP contribution in [0.25, 0.3) is 0 Å². The number of aryl methyl sites for hydroxylation is 2. The van der Waals surface area contributed by atoms with Crippen LogP contribution in [0, 0.1) is 17.0 Å². The van der Waals surface area contributed by atoms with Crippen molar-refractivity contribution in [1.82, 2.24) is 4.57 Å². The van der Waals surface area contributed by atoms with E-state index in [1.807, 2.05) is 19.2 Å². The Morgan fingerprint density at radius 1 is 1.45 bits per heavy atom. The molecule has 0 aliphatic carbocycles. The maximum absolute atomic E-state index is 10.8. The molecule has 0 saturated carbocycles. The zero-order chi connectivity index (χ0) is 14.7. The molecule has 0 unspecified atom stereocenters. The van der Waals surface area contributed by atoms with Gasteiger partial charge in [-0.05, 0) is 37.1 Å². The highest BCUT2D eigenvalue weighted by atomic mass is 35.5. The molecular formula is C14H16ClN3O2. The fourth-order valence-electron chi connectivity index (χ4n) is 1.99. The number of benzene rings is 1. The Balaban J connectivity index is 2.13. The average Bonchev–Trinajstić information content (AvgIpc) is 2.87. The summed E-state index contributed by atoms with van der Waals surface area (Å²) in [6.07, 6.45) is 4.09. The first-order valence-electron chi connectivity index (χ1n) is 6.34. The van der Waals surface area contributed by atoms with Crippen molar-refractivity contribution in [2.45, 2.75) is 26.9 Å². The molecule has 0 fully saturated rings. The van der Waals surface area contributed by atoms with Crippen molar-refractivity contribution in [3.8, 4) is 0 Å². The minimum Gasteiger partial charge on any atom is -0.381 e. The van der Waals surface area contributed by atoms with Crippen LogP contribution in [-0.4, -0.2) is 9.49 Å². The van der Waals surface area contributed by atoms with Gasteiger partial charge in [0.25, 0.3) is 5.69 Å². The van der Waals surface area contributed by atoms with Crippen LogP contribution in [-0.2, 0) is 13.1 Å². The van der Waals surface area contributed by atoms with E-state index in [0.717, 1.165) is 23.4 Å². The van der Waals surface area contributed by atoms with Gasteiger partial charge in [0.15, 0.2) is 0 Å². The van der Waals surface area contributed by atoms with E-state index >= 15 is 0 Å². The van der Waals surface area contributed by atoms with Gasteiger partial charge >= 0.3 is 0 Å². The molecule has 20 heavy (non-hydrogen) atoms. The summed E-state index contributed by atoms with van der Waals surface area (Å²) in [5, 5.41) is 14.2. The van der Waals surface area contributed by atoms with Crippen LogP contribution in [0.4, 0.5) is 11.4 Å². The number of rotatable bonds is 5. The van der Waals surface area contributed by atoms with Crippen molar-refractivity contribution in [3.63, 3.8) is 0 Å². The predicted molar refractivity (Wildman–Crippen MR) is 80.3 cm³/mol. The third-order valence-corrected chi connectivity index (χ3v) is 3.45. The molecule has 0 radical (unpaired) electrons. The van der Waals surface area contributed by atoms with Gasteiger partial charge in [0.05, 0.1) is 4.92 Å². The largest absolute Gasteiger partial charge is 0.381 e. The summed E-state index contributed by atoms with van der Waals surface area (Å²) >= 11 is 5.92. The smallest absolute Gasteiger partial charge is 0.288 e. The van der Waals surface area contributed by atoms with Gasteiger partial charge in [0.1, 0.15) is 5.02 Å². The van der Waals surface area contributed by atoms with E-state index in [1.54, 1.807) is 6.07 Å². The highest BCUT2D eigenvalue weighted by Crippen LogP contribution is 2.30. The van der Waals surface area contributed by atoms with Gasteiger partial charge in [-0.15, -0.1) is 0 Å². The lowest BCUT2D eigenvalue weighted by atomic mass is 10.1. The summed E-state index contributed by atoms with van der Waals surface area (Å²) in [7, 11) is 0. The number of hydrogen-bond donors (Lipinski definition) is 1. The number of nitrogens with one attached hydrogen (secondary N) is 1. The molecule has 0 spiro atoms. The molecular weight excluding hydrogens is 278 g/mol. The molecule has 1 heterocycles. The molecule has 5 nitrogen and oxygen atoms in total. The fraction of sp³-hybridized carbons (Fsp3) is 0.286. The third kappa shape index (κ3) is 3.11. The highest BCUT2D eigenvalue weighted by molar-refractivity contribution is 6.33. The van der Waals surface area contributed by atoms with Gasteiger partial charge in [0, 0.05) is 37.2 Å². The van der Waals surface area contributed by atoms with Crippen molar-refractivity contribution < 1.29 is 4.92 Å². The van der Waals surface area contributed by atoms with Crippen LogP contribution in [0.15, 0.2) is 30.6 Å². The monoisotopic (exact) mass is 293 g/mol. The fourth-order valence-corrected chi connectivity index (χ4v) is 2.22. The quantitative estimate of drug-likeness (QED) is 0.670. The van der Waals surface area contributed by atoms with Gasteiger partial charge in [-0.3, -0.25) is 10.1 Å². The van der Waals surface area contributed by atoms with E-state index in [2.05, 4.69) is 23.0 Å². The van der Waals surface area contributed by atoms with Crippen molar-refractivity contribution in [3.05, 3.63) is 56.9 Å². The van der Waals surface area contributed by atoms with Crippen molar-refractivity contribution in [1.29, 1.82) is 0 Å². The normalized spacial score (nSPS) is 10.6. The lowest BCUT2D eigenvalue weighted by Crippen LogP contribution is -2.01. The number of nitro groups is 1. The predicted octanol–water partition coefficient (Wildman–Crippen LogP) is 3.99. The number of halogens is 1. The standard InChI is InChI=1S/C14H16ClN3O2/c1-3-17-5-4-11(9-17)8-16-13-7-12(15)14(18(19)20)6-10(13)2/h4-7,9,16H,3,8H2,1-2H3. The summed E-state index contributed by atoms with van der Waals surface area (Å²) in [6, 6.07) is 5.13. The van der Waals surface area contributed by atoms with Gasteiger partial charge in [-0.1, -0.05) is 11.6 Å². The second-order valence-electron chi connectivity index (χ2n) is 4.58. The summed E-state index contributed by atoms with van der Waals surface area (Å²) < 4.78 is 2.09. The third-order valence-electron chi connectivity index (χ3n) is 3.15. The maximum atomic E-state index is 10.8. The van der Waals surface area contributed by atoms with Gasteiger partial charge in [-0.25, -0.2) is 0 Å². The van der Waals surface area contributed by atoms with E-state index < -0.39 is 4.92 Å². The summed E-state index contributed by atoms with van der Waals surface area (Å²) in [4.78, 5) is 10.3. The van der Waals surface area contributed by atoms with Crippen LogP contribution in [0.3, 0.4) is 0 Å². The zero-order valence-corrected chi connectivity index (χ0v) is 12.1. The highest BCUT2D eigenvalue weighted by Gasteiger charge is 2.14. The first kappa shape index (κ1) is 14.4. The summed E-state index contributed by atoms with van der Waals surface area (Å²) in [5.74, 6) is 0. The topological polar surface area (TPSA) is 60.1 Å². The Morgan fingerprint density at radius 2 is 2.20 bits per heavy atom. The van der Waals surface area contributed by atoms with E-state index in [4.69, 9.17) is 11.6 Å². The Kier molecular flexibility index (Phi) is 4.29. The number of aromatic nitrogens is 1. The van der Waals surface area contributed by atoms with Gasteiger partial charge in [-0.2, -0.15) is 0 Å². The first-order chi connectivity index (χ1) is 9.51. The van der Waals surface area contributed by atoms with E-state index in [-0.39, 0.29) is 10.7 Å². The zero-order valence-electron chi connectivity index (χ0n) is 11.4. The summed E-state index contributed by atoms with van der Waals surface area (Å²) in [6.45, 7) is 5.49. The second kappa shape index (κ2) is 5.96. The molecule has 0 saturated heterocycles. The Bertz CT molecular complexity index is 637. The molecule has 0 aliphatic rings. The number of nitro benzene ring substituents is 1. The van der Waals surface area contributed by atoms with E-state index in [0.29, 0.717) is 6.54 Å². The maximum Gasteiger partial charge on any atom is 0.288 e. The Morgan fingerprint density at radius 3 is 2.80 bits per heavy atom. The van der Waals surface area contributed by atoms with Crippen molar-refractivity contribution in [2.75, 3.05) is 5.32 Å². The molecule has 106 valence electrons. The molecule has 1 N–H and O–H groups in total. The second-order valence-corrected chi connectivity index (χ2v) is 4.99. The van der Waals surface area contributed by atoms with Crippen LogP contribution in [0.2, 0.25) is 5.02 Å². The van der Waals surface area contributed by atoms with Crippen LogP contribution in [0.1, 0.15) is 18.1 Å². The molecule has 1 aromatic carbocycles. The Hall–Kier alpha value is -2.01. The lowest BCUT2D eigenvalue weighted by Gasteiger charge is -2.09. The molecule has 0 amide bonds. The van der Waals surface area contributed by atoms with E-state index in [9.17, 15) is 10.1 Å². The molecule has 0 bridgehead atoms. The molecule has 2 aromatic rings. The van der Waals surface area contributed by atoms with Crippen molar-refractivity contribution >= 4 is 23.0 Å². The lowest BCUT2D eigenvalue weighted by molar-refractivity contribution is -0.384. The SMILES string of the molecule is CCn1ccc(CNc2cc(Cl)c([N+](=O)[O-])cc2C)c1.